The Bertz CT molecular complexity index is 331. The molecule has 0 radical (unpaired) electrons. The number of nitrogens with zero attached hydrogens (tertiary/aromatic N) is 2. The summed E-state index contributed by atoms with van der Waals surface area (Å²) >= 11 is 1.79. The fourth-order valence-electron chi connectivity index (χ4n) is 1.90. The molecule has 1 fully saturated rings. The first-order valence-electron chi connectivity index (χ1n) is 6.09. The molecule has 1 aromatic rings. The van der Waals surface area contributed by atoms with Gasteiger partial charge in [0.2, 0.25) is 0 Å². The first kappa shape index (κ1) is 12.0. The molecular weight excluding hydrogens is 218 g/mol. The Morgan fingerprint density at radius 1 is 1.56 bits per heavy atom. The molecule has 3 nitrogen and oxygen atoms in total. The van der Waals surface area contributed by atoms with E-state index in [1.165, 1.54) is 10.7 Å². The Kier molecular flexibility index (Phi) is 3.95. The zero-order valence-corrected chi connectivity index (χ0v) is 11.2. The smallest absolute Gasteiger partial charge is 0.0954 e. The lowest BCUT2D eigenvalue weighted by Crippen LogP contribution is -2.56. The van der Waals surface area contributed by atoms with Crippen molar-refractivity contribution in [3.8, 4) is 0 Å². The van der Waals surface area contributed by atoms with Crippen molar-refractivity contribution in [3.63, 3.8) is 0 Å². The summed E-state index contributed by atoms with van der Waals surface area (Å²) in [7, 11) is 0. The van der Waals surface area contributed by atoms with Crippen LogP contribution in [0.3, 0.4) is 0 Å². The van der Waals surface area contributed by atoms with Crippen molar-refractivity contribution in [1.29, 1.82) is 0 Å². The van der Waals surface area contributed by atoms with Crippen LogP contribution < -0.4 is 5.32 Å². The summed E-state index contributed by atoms with van der Waals surface area (Å²) in [5.74, 6) is 0.555. The monoisotopic (exact) mass is 239 g/mol. The van der Waals surface area contributed by atoms with Gasteiger partial charge in [-0.3, -0.25) is 4.90 Å². The van der Waals surface area contributed by atoms with Gasteiger partial charge < -0.3 is 5.32 Å². The fourth-order valence-corrected chi connectivity index (χ4v) is 2.73. The van der Waals surface area contributed by atoms with Gasteiger partial charge in [-0.15, -0.1) is 11.3 Å². The molecule has 90 valence electrons. The molecule has 2 rings (SSSR count). The van der Waals surface area contributed by atoms with Crippen LogP contribution in [0.2, 0.25) is 0 Å². The van der Waals surface area contributed by atoms with Crippen molar-refractivity contribution < 1.29 is 0 Å². The first-order chi connectivity index (χ1) is 7.70. The topological polar surface area (TPSA) is 28.2 Å². The van der Waals surface area contributed by atoms with Crippen molar-refractivity contribution in [2.75, 3.05) is 19.6 Å². The van der Waals surface area contributed by atoms with E-state index in [-0.39, 0.29) is 0 Å². The average molecular weight is 239 g/mol. The van der Waals surface area contributed by atoms with E-state index in [9.17, 15) is 0 Å². The number of likely N-dealkylation sites (N-methyl/N-ethyl adjacent to an activating group) is 1. The van der Waals surface area contributed by atoms with Crippen molar-refractivity contribution in [2.45, 2.75) is 39.3 Å². The van der Waals surface area contributed by atoms with E-state index >= 15 is 0 Å². The molecule has 0 spiro atoms. The van der Waals surface area contributed by atoms with Gasteiger partial charge in [0, 0.05) is 37.0 Å². The normalized spacial score (nSPS) is 17.1. The highest BCUT2D eigenvalue weighted by Crippen LogP contribution is 2.20. The molecule has 0 aromatic carbocycles. The first-order valence-corrected chi connectivity index (χ1v) is 6.97. The van der Waals surface area contributed by atoms with Crippen LogP contribution in [0.4, 0.5) is 0 Å². The Morgan fingerprint density at radius 3 is 2.75 bits per heavy atom. The van der Waals surface area contributed by atoms with E-state index in [4.69, 9.17) is 4.98 Å². The Balaban J connectivity index is 1.95. The second kappa shape index (κ2) is 5.25. The number of rotatable bonds is 5. The highest BCUT2D eigenvalue weighted by atomic mass is 32.1. The molecule has 0 unspecified atom stereocenters. The molecular formula is C12H21N3S. The maximum atomic E-state index is 4.69. The largest absolute Gasteiger partial charge is 0.314 e. The quantitative estimate of drug-likeness (QED) is 0.852. The van der Waals surface area contributed by atoms with Crippen LogP contribution in [-0.2, 0) is 6.54 Å². The minimum atomic E-state index is 0.555. The lowest BCUT2D eigenvalue weighted by molar-refractivity contribution is 0.144. The summed E-state index contributed by atoms with van der Waals surface area (Å²) in [6.45, 7) is 11.0. The summed E-state index contributed by atoms with van der Waals surface area (Å²) < 4.78 is 0. The highest BCUT2D eigenvalue weighted by molar-refractivity contribution is 7.09. The van der Waals surface area contributed by atoms with Gasteiger partial charge in [0.15, 0.2) is 0 Å². The predicted octanol–water partition coefficient (Wildman–Crippen LogP) is 2.06. The van der Waals surface area contributed by atoms with Crippen molar-refractivity contribution in [3.05, 3.63) is 16.1 Å². The molecule has 4 heteroatoms. The highest BCUT2D eigenvalue weighted by Gasteiger charge is 2.23. The third-order valence-corrected chi connectivity index (χ3v) is 4.31. The third kappa shape index (κ3) is 2.62. The van der Waals surface area contributed by atoms with Crippen LogP contribution >= 0.6 is 11.3 Å². The zero-order chi connectivity index (χ0) is 11.5. The molecule has 0 bridgehead atoms. The van der Waals surface area contributed by atoms with Crippen LogP contribution in [0, 0.1) is 0 Å². The van der Waals surface area contributed by atoms with Gasteiger partial charge in [0.25, 0.3) is 0 Å². The van der Waals surface area contributed by atoms with Crippen molar-refractivity contribution >= 4 is 11.3 Å². The van der Waals surface area contributed by atoms with Gasteiger partial charge in [0.1, 0.15) is 0 Å². The molecule has 16 heavy (non-hydrogen) atoms. The zero-order valence-electron chi connectivity index (χ0n) is 10.4. The van der Waals surface area contributed by atoms with Crippen LogP contribution in [0.1, 0.15) is 37.4 Å². The maximum absolute atomic E-state index is 4.69. The SMILES string of the molecule is CCN(Cc1csc(C(C)C)n1)C1CNC1. The van der Waals surface area contributed by atoms with Gasteiger partial charge in [-0.25, -0.2) is 4.98 Å². The van der Waals surface area contributed by atoms with E-state index < -0.39 is 0 Å². The lowest BCUT2D eigenvalue weighted by Gasteiger charge is -2.37. The summed E-state index contributed by atoms with van der Waals surface area (Å²) in [6.07, 6.45) is 0. The number of hydrogen-bond donors (Lipinski definition) is 1. The summed E-state index contributed by atoms with van der Waals surface area (Å²) in [4.78, 5) is 7.20. The second-order valence-corrected chi connectivity index (χ2v) is 5.60. The molecule has 0 atom stereocenters. The van der Waals surface area contributed by atoms with Gasteiger partial charge in [-0.1, -0.05) is 20.8 Å². The van der Waals surface area contributed by atoms with Gasteiger partial charge in [-0.05, 0) is 6.54 Å². The molecule has 1 aliphatic rings. The van der Waals surface area contributed by atoms with E-state index in [1.807, 2.05) is 0 Å². The van der Waals surface area contributed by atoms with Crippen LogP contribution in [0.25, 0.3) is 0 Å². The van der Waals surface area contributed by atoms with Crippen LogP contribution in [0.15, 0.2) is 5.38 Å². The molecule has 1 N–H and O–H groups in total. The van der Waals surface area contributed by atoms with E-state index in [1.54, 1.807) is 11.3 Å². The minimum absolute atomic E-state index is 0.555. The van der Waals surface area contributed by atoms with Gasteiger partial charge >= 0.3 is 0 Å². The van der Waals surface area contributed by atoms with E-state index in [0.29, 0.717) is 12.0 Å². The fraction of sp³-hybridized carbons (Fsp3) is 0.750. The Morgan fingerprint density at radius 2 is 2.31 bits per heavy atom. The average Bonchev–Trinajstić information content (AvgIpc) is 2.62. The van der Waals surface area contributed by atoms with Gasteiger partial charge in [-0.2, -0.15) is 0 Å². The number of aromatic nitrogens is 1. The van der Waals surface area contributed by atoms with Gasteiger partial charge in [0.05, 0.1) is 10.7 Å². The molecule has 2 heterocycles. The molecule has 1 saturated heterocycles. The standard InChI is InChI=1S/C12H21N3S/c1-4-15(11-5-13-6-11)7-10-8-16-12(14-10)9(2)3/h8-9,11,13H,4-7H2,1-3H3. The lowest BCUT2D eigenvalue weighted by atomic mass is 10.1. The molecule has 0 amide bonds. The predicted molar refractivity (Wildman–Crippen MR) is 68.9 cm³/mol. The second-order valence-electron chi connectivity index (χ2n) is 4.71. The number of thiazole rings is 1. The molecule has 0 aliphatic carbocycles. The molecule has 1 aromatic heterocycles. The third-order valence-electron chi connectivity index (χ3n) is 3.11. The van der Waals surface area contributed by atoms with E-state index in [0.717, 1.165) is 26.2 Å². The number of hydrogen-bond acceptors (Lipinski definition) is 4. The van der Waals surface area contributed by atoms with E-state index in [2.05, 4.69) is 36.4 Å². The summed E-state index contributed by atoms with van der Waals surface area (Å²) in [6, 6.07) is 0.717. The van der Waals surface area contributed by atoms with Crippen LogP contribution in [-0.4, -0.2) is 35.6 Å². The van der Waals surface area contributed by atoms with Crippen molar-refractivity contribution in [2.24, 2.45) is 0 Å². The summed E-state index contributed by atoms with van der Waals surface area (Å²) in [5.41, 5.74) is 1.24. The number of nitrogens with one attached hydrogen (secondary N) is 1. The summed E-state index contributed by atoms with van der Waals surface area (Å²) in [5, 5.41) is 6.80. The van der Waals surface area contributed by atoms with Crippen molar-refractivity contribution in [1.82, 2.24) is 15.2 Å². The minimum Gasteiger partial charge on any atom is -0.314 e. The molecule has 1 aliphatic heterocycles. The Hall–Kier alpha value is -0.450. The maximum Gasteiger partial charge on any atom is 0.0954 e. The molecule has 0 saturated carbocycles. The Labute approximate surface area is 102 Å². The van der Waals surface area contributed by atoms with Crippen LogP contribution in [0.5, 0.6) is 0 Å².